The average Bonchev–Trinajstić information content (AvgIpc) is 2.59. The van der Waals surface area contributed by atoms with E-state index in [2.05, 4.69) is 10.0 Å². The van der Waals surface area contributed by atoms with Crippen LogP contribution in [0.1, 0.15) is 19.4 Å². The van der Waals surface area contributed by atoms with Crippen molar-refractivity contribution in [2.75, 3.05) is 11.9 Å². The van der Waals surface area contributed by atoms with Crippen LogP contribution < -0.4 is 14.8 Å². The minimum Gasteiger partial charge on any atom is -0.494 e. The number of hydrogen-bond acceptors (Lipinski definition) is 4. The third-order valence-corrected chi connectivity index (χ3v) is 5.21. The molecule has 0 saturated carbocycles. The number of ether oxygens (including phenoxy) is 1. The molecule has 0 spiro atoms. The summed E-state index contributed by atoms with van der Waals surface area (Å²) in [5.74, 6) is -1.83. The van der Waals surface area contributed by atoms with Gasteiger partial charge in [0.25, 0.3) is 0 Å². The largest absolute Gasteiger partial charge is 0.494 e. The number of rotatable bonds is 7. The van der Waals surface area contributed by atoms with Gasteiger partial charge in [-0.2, -0.15) is 4.72 Å². The number of halogens is 2. The highest BCUT2D eigenvalue weighted by Crippen LogP contribution is 2.22. The van der Waals surface area contributed by atoms with Crippen molar-refractivity contribution in [1.82, 2.24) is 4.72 Å². The third kappa shape index (κ3) is 5.24. The zero-order valence-corrected chi connectivity index (χ0v) is 15.9. The predicted molar refractivity (Wildman–Crippen MR) is 97.1 cm³/mol. The van der Waals surface area contributed by atoms with Crippen LogP contribution in [0.15, 0.2) is 41.3 Å². The van der Waals surface area contributed by atoms with E-state index >= 15 is 0 Å². The number of nitrogens with one attached hydrogen (secondary N) is 2. The van der Waals surface area contributed by atoms with Crippen LogP contribution in [0.2, 0.25) is 0 Å². The lowest BCUT2D eigenvalue weighted by atomic mass is 10.2. The molecule has 1 amide bonds. The van der Waals surface area contributed by atoms with Crippen molar-refractivity contribution in [2.45, 2.75) is 31.7 Å². The van der Waals surface area contributed by atoms with Crippen molar-refractivity contribution in [3.63, 3.8) is 0 Å². The monoisotopic (exact) mass is 398 g/mol. The van der Waals surface area contributed by atoms with Crippen LogP contribution >= 0.6 is 0 Å². The SMILES string of the molecule is CCOc1ccc(S(=O)(=O)N[C@H](C)C(=O)Nc2cc(F)ccc2F)cc1C. The van der Waals surface area contributed by atoms with Gasteiger partial charge < -0.3 is 10.1 Å². The lowest BCUT2D eigenvalue weighted by Gasteiger charge is -2.16. The van der Waals surface area contributed by atoms with Gasteiger partial charge in [0.05, 0.1) is 23.2 Å². The van der Waals surface area contributed by atoms with E-state index in [4.69, 9.17) is 4.74 Å². The second kappa shape index (κ2) is 8.45. The number of aryl methyl sites for hydroxylation is 1. The summed E-state index contributed by atoms with van der Waals surface area (Å²) in [6, 6.07) is 5.67. The lowest BCUT2D eigenvalue weighted by molar-refractivity contribution is -0.117. The highest BCUT2D eigenvalue weighted by Gasteiger charge is 2.23. The summed E-state index contributed by atoms with van der Waals surface area (Å²) in [5.41, 5.74) is 0.252. The molecular formula is C18H20F2N2O4S. The molecule has 0 unspecified atom stereocenters. The van der Waals surface area contributed by atoms with Crippen LogP contribution in [-0.4, -0.2) is 27.0 Å². The normalized spacial score (nSPS) is 12.5. The van der Waals surface area contributed by atoms with Gasteiger partial charge in [-0.1, -0.05) is 0 Å². The molecular weight excluding hydrogens is 378 g/mol. The van der Waals surface area contributed by atoms with Gasteiger partial charge in [-0.15, -0.1) is 0 Å². The highest BCUT2D eigenvalue weighted by atomic mass is 32.2. The van der Waals surface area contributed by atoms with Crippen LogP contribution in [0.3, 0.4) is 0 Å². The topological polar surface area (TPSA) is 84.5 Å². The quantitative estimate of drug-likeness (QED) is 0.751. The van der Waals surface area contributed by atoms with E-state index in [1.54, 1.807) is 6.92 Å². The zero-order valence-electron chi connectivity index (χ0n) is 15.0. The average molecular weight is 398 g/mol. The molecule has 6 nitrogen and oxygen atoms in total. The van der Waals surface area contributed by atoms with Gasteiger partial charge in [-0.25, -0.2) is 17.2 Å². The number of hydrogen-bond donors (Lipinski definition) is 2. The number of carbonyl (C=O) groups is 1. The van der Waals surface area contributed by atoms with Gasteiger partial charge in [0, 0.05) is 6.07 Å². The molecule has 146 valence electrons. The van der Waals surface area contributed by atoms with E-state index in [1.165, 1.54) is 25.1 Å². The summed E-state index contributed by atoms with van der Waals surface area (Å²) >= 11 is 0. The van der Waals surface area contributed by atoms with E-state index in [-0.39, 0.29) is 10.6 Å². The molecule has 0 radical (unpaired) electrons. The number of benzene rings is 2. The summed E-state index contributed by atoms with van der Waals surface area (Å²) < 4.78 is 59.3. The molecule has 0 aromatic heterocycles. The molecule has 27 heavy (non-hydrogen) atoms. The molecule has 2 N–H and O–H groups in total. The van der Waals surface area contributed by atoms with Crippen molar-refractivity contribution >= 4 is 21.6 Å². The van der Waals surface area contributed by atoms with E-state index in [1.807, 2.05) is 6.92 Å². The maximum Gasteiger partial charge on any atom is 0.242 e. The van der Waals surface area contributed by atoms with E-state index in [0.717, 1.165) is 18.2 Å². The van der Waals surface area contributed by atoms with Gasteiger partial charge >= 0.3 is 0 Å². The smallest absolute Gasteiger partial charge is 0.242 e. The second-order valence-corrected chi connectivity index (χ2v) is 7.53. The van der Waals surface area contributed by atoms with Crippen LogP contribution in [0.5, 0.6) is 5.75 Å². The number of amides is 1. The Morgan fingerprint density at radius 1 is 1.19 bits per heavy atom. The molecule has 2 aromatic rings. The van der Waals surface area contributed by atoms with Crippen molar-refractivity contribution in [3.8, 4) is 5.75 Å². The maximum absolute atomic E-state index is 13.6. The van der Waals surface area contributed by atoms with Crippen LogP contribution in [0, 0.1) is 18.6 Å². The molecule has 0 aliphatic heterocycles. The summed E-state index contributed by atoms with van der Waals surface area (Å²) in [7, 11) is -4.00. The number of sulfonamides is 1. The Morgan fingerprint density at radius 2 is 1.89 bits per heavy atom. The van der Waals surface area contributed by atoms with Gasteiger partial charge in [0.1, 0.15) is 17.4 Å². The minimum absolute atomic E-state index is 0.0416. The fourth-order valence-electron chi connectivity index (χ4n) is 2.30. The van der Waals surface area contributed by atoms with Crippen LogP contribution in [-0.2, 0) is 14.8 Å². The molecule has 9 heteroatoms. The third-order valence-electron chi connectivity index (χ3n) is 3.67. The van der Waals surface area contributed by atoms with E-state index in [9.17, 15) is 22.0 Å². The molecule has 0 bridgehead atoms. The molecule has 0 heterocycles. The Labute approximate surface area is 156 Å². The molecule has 0 aliphatic carbocycles. The van der Waals surface area contributed by atoms with Crippen molar-refractivity contribution in [1.29, 1.82) is 0 Å². The van der Waals surface area contributed by atoms with Gasteiger partial charge in [-0.05, 0) is 56.7 Å². The first-order chi connectivity index (χ1) is 12.6. The van der Waals surface area contributed by atoms with Crippen molar-refractivity contribution < 1.29 is 26.7 Å². The van der Waals surface area contributed by atoms with Crippen molar-refractivity contribution in [3.05, 3.63) is 53.6 Å². The van der Waals surface area contributed by atoms with Crippen LogP contribution in [0.25, 0.3) is 0 Å². The Kier molecular flexibility index (Phi) is 6.50. The zero-order chi connectivity index (χ0) is 20.2. The second-order valence-electron chi connectivity index (χ2n) is 5.82. The van der Waals surface area contributed by atoms with Crippen molar-refractivity contribution in [2.24, 2.45) is 0 Å². The molecule has 2 aromatic carbocycles. The lowest BCUT2D eigenvalue weighted by Crippen LogP contribution is -2.41. The fourth-order valence-corrected chi connectivity index (χ4v) is 3.58. The molecule has 2 rings (SSSR count). The molecule has 0 aliphatic rings. The fraction of sp³-hybridized carbons (Fsp3) is 0.278. The molecule has 0 saturated heterocycles. The number of carbonyl (C=O) groups excluding carboxylic acids is 1. The first kappa shape index (κ1) is 20.8. The van der Waals surface area contributed by atoms with Crippen LogP contribution in [0.4, 0.5) is 14.5 Å². The molecule has 1 atom stereocenters. The minimum atomic E-state index is -4.00. The standard InChI is InChI=1S/C18H20F2N2O4S/c1-4-26-17-8-6-14(9-11(17)2)27(24,25)22-12(3)18(23)21-16-10-13(19)5-7-15(16)20/h5-10,12,22H,4H2,1-3H3,(H,21,23)/t12-/m1/s1. The molecule has 0 fully saturated rings. The van der Waals surface area contributed by atoms with E-state index in [0.29, 0.717) is 17.9 Å². The first-order valence-electron chi connectivity index (χ1n) is 8.15. The van der Waals surface area contributed by atoms with Gasteiger partial charge in [-0.3, -0.25) is 4.79 Å². The number of anilines is 1. The summed E-state index contributed by atoms with van der Waals surface area (Å²) in [6.07, 6.45) is 0. The summed E-state index contributed by atoms with van der Waals surface area (Å²) in [6.45, 7) is 5.25. The first-order valence-corrected chi connectivity index (χ1v) is 9.64. The summed E-state index contributed by atoms with van der Waals surface area (Å²) in [5, 5.41) is 2.16. The predicted octanol–water partition coefficient (Wildman–Crippen LogP) is 2.98. The maximum atomic E-state index is 13.6. The highest BCUT2D eigenvalue weighted by molar-refractivity contribution is 7.89. The Bertz CT molecular complexity index is 948. The van der Waals surface area contributed by atoms with Gasteiger partial charge in [0.15, 0.2) is 0 Å². The Balaban J connectivity index is 2.13. The van der Waals surface area contributed by atoms with Gasteiger partial charge in [0.2, 0.25) is 15.9 Å². The Morgan fingerprint density at radius 3 is 2.52 bits per heavy atom. The van der Waals surface area contributed by atoms with E-state index < -0.39 is 33.6 Å². The Hall–Kier alpha value is -2.52. The summed E-state index contributed by atoms with van der Waals surface area (Å²) in [4.78, 5) is 12.1.